The topological polar surface area (TPSA) is 24.1 Å². The fourth-order valence-corrected chi connectivity index (χ4v) is 3.51. The molecule has 2 saturated heterocycles. The Labute approximate surface area is 78.9 Å². The van der Waals surface area contributed by atoms with Crippen molar-refractivity contribution in [3.8, 4) is 0 Å². The third-order valence-corrected chi connectivity index (χ3v) is 4.61. The maximum absolute atomic E-state index is 3.69. The minimum Gasteiger partial charge on any atom is -0.315 e. The summed E-state index contributed by atoms with van der Waals surface area (Å²) in [5.41, 5.74) is 0. The van der Waals surface area contributed by atoms with Crippen LogP contribution in [0.2, 0.25) is 0 Å². The standard InChI is InChI=1S/C9H18N2S/c1-6(2)9-11-7-5-10-4-3-8(7)12-9/h6-11H,3-5H2,1-2H3. The molecular weight excluding hydrogens is 168 g/mol. The highest BCUT2D eigenvalue weighted by molar-refractivity contribution is 8.00. The molecule has 0 aliphatic carbocycles. The summed E-state index contributed by atoms with van der Waals surface area (Å²) in [6.07, 6.45) is 1.34. The van der Waals surface area contributed by atoms with Crippen LogP contribution >= 0.6 is 11.8 Å². The predicted octanol–water partition coefficient (Wildman–Crippen LogP) is 1.04. The first-order valence-corrected chi connectivity index (χ1v) is 5.84. The third kappa shape index (κ3) is 1.63. The van der Waals surface area contributed by atoms with Crippen LogP contribution in [-0.4, -0.2) is 29.8 Å². The fraction of sp³-hybridized carbons (Fsp3) is 1.00. The summed E-state index contributed by atoms with van der Waals surface area (Å²) in [6, 6.07) is 0.733. The zero-order valence-electron chi connectivity index (χ0n) is 7.84. The van der Waals surface area contributed by atoms with Crippen LogP contribution in [0.5, 0.6) is 0 Å². The van der Waals surface area contributed by atoms with E-state index in [-0.39, 0.29) is 0 Å². The van der Waals surface area contributed by atoms with Crippen LogP contribution in [-0.2, 0) is 0 Å². The molecule has 2 nitrogen and oxygen atoms in total. The van der Waals surface area contributed by atoms with Gasteiger partial charge in [0.2, 0.25) is 0 Å². The lowest BCUT2D eigenvalue weighted by atomic mass is 10.1. The van der Waals surface area contributed by atoms with Crippen molar-refractivity contribution in [1.82, 2.24) is 10.6 Å². The second-order valence-electron chi connectivity index (χ2n) is 4.11. The van der Waals surface area contributed by atoms with Gasteiger partial charge in [-0.1, -0.05) is 13.8 Å². The van der Waals surface area contributed by atoms with Gasteiger partial charge >= 0.3 is 0 Å². The Morgan fingerprint density at radius 1 is 1.42 bits per heavy atom. The number of hydrogen-bond donors (Lipinski definition) is 2. The number of piperidine rings is 1. The van der Waals surface area contributed by atoms with Crippen molar-refractivity contribution < 1.29 is 0 Å². The van der Waals surface area contributed by atoms with Crippen molar-refractivity contribution in [3.63, 3.8) is 0 Å². The Balaban J connectivity index is 1.94. The second-order valence-corrected chi connectivity index (χ2v) is 5.49. The molecule has 0 aromatic heterocycles. The van der Waals surface area contributed by atoms with Gasteiger partial charge in [-0.05, 0) is 18.9 Å². The molecular formula is C9H18N2S. The van der Waals surface area contributed by atoms with Crippen LogP contribution in [0.15, 0.2) is 0 Å². The van der Waals surface area contributed by atoms with Gasteiger partial charge in [0, 0.05) is 17.8 Å². The van der Waals surface area contributed by atoms with E-state index in [1.165, 1.54) is 19.5 Å². The molecule has 12 heavy (non-hydrogen) atoms. The summed E-state index contributed by atoms with van der Waals surface area (Å²) in [4.78, 5) is 0. The van der Waals surface area contributed by atoms with E-state index in [9.17, 15) is 0 Å². The average molecular weight is 186 g/mol. The van der Waals surface area contributed by atoms with Crippen molar-refractivity contribution >= 4 is 11.8 Å². The quantitative estimate of drug-likeness (QED) is 0.640. The van der Waals surface area contributed by atoms with Crippen molar-refractivity contribution in [1.29, 1.82) is 0 Å². The SMILES string of the molecule is CC(C)C1NC2CNCCC2S1. The van der Waals surface area contributed by atoms with E-state index in [1.54, 1.807) is 0 Å². The lowest BCUT2D eigenvalue weighted by Crippen LogP contribution is -2.47. The van der Waals surface area contributed by atoms with E-state index in [4.69, 9.17) is 0 Å². The van der Waals surface area contributed by atoms with Crippen LogP contribution in [0.1, 0.15) is 20.3 Å². The molecule has 2 rings (SSSR count). The molecule has 3 atom stereocenters. The molecule has 3 unspecified atom stereocenters. The maximum atomic E-state index is 3.69. The fourth-order valence-electron chi connectivity index (χ4n) is 1.95. The monoisotopic (exact) mass is 186 g/mol. The number of nitrogens with one attached hydrogen (secondary N) is 2. The molecule has 70 valence electrons. The Kier molecular flexibility index (Phi) is 2.63. The van der Waals surface area contributed by atoms with Crippen molar-refractivity contribution in [2.24, 2.45) is 5.92 Å². The molecule has 0 amide bonds. The zero-order valence-corrected chi connectivity index (χ0v) is 8.66. The Morgan fingerprint density at radius 2 is 2.25 bits per heavy atom. The number of thioether (sulfide) groups is 1. The molecule has 2 aliphatic heterocycles. The Hall–Kier alpha value is 0.270. The average Bonchev–Trinajstić information content (AvgIpc) is 2.46. The van der Waals surface area contributed by atoms with Crippen LogP contribution in [0.3, 0.4) is 0 Å². The number of rotatable bonds is 1. The van der Waals surface area contributed by atoms with Gasteiger partial charge in [0.25, 0.3) is 0 Å². The highest BCUT2D eigenvalue weighted by Gasteiger charge is 2.36. The summed E-state index contributed by atoms with van der Waals surface area (Å²) in [7, 11) is 0. The van der Waals surface area contributed by atoms with E-state index < -0.39 is 0 Å². The number of fused-ring (bicyclic) bond motifs is 1. The molecule has 0 saturated carbocycles. The molecule has 3 heteroatoms. The van der Waals surface area contributed by atoms with Gasteiger partial charge in [-0.25, -0.2) is 0 Å². The van der Waals surface area contributed by atoms with Crippen molar-refractivity contribution in [3.05, 3.63) is 0 Å². The van der Waals surface area contributed by atoms with Gasteiger partial charge in [-0.15, -0.1) is 11.8 Å². The molecule has 2 fully saturated rings. The smallest absolute Gasteiger partial charge is 0.0561 e. The summed E-state index contributed by atoms with van der Waals surface area (Å²) >= 11 is 2.15. The predicted molar refractivity (Wildman–Crippen MR) is 54.4 cm³/mol. The number of hydrogen-bond acceptors (Lipinski definition) is 3. The first-order valence-electron chi connectivity index (χ1n) is 4.89. The summed E-state index contributed by atoms with van der Waals surface area (Å²) in [6.45, 7) is 6.98. The summed E-state index contributed by atoms with van der Waals surface area (Å²) in [5.74, 6) is 0.764. The lowest BCUT2D eigenvalue weighted by molar-refractivity contribution is 0.395. The van der Waals surface area contributed by atoms with E-state index in [0.29, 0.717) is 5.37 Å². The van der Waals surface area contributed by atoms with E-state index in [2.05, 4.69) is 36.2 Å². The largest absolute Gasteiger partial charge is 0.315 e. The van der Waals surface area contributed by atoms with Gasteiger partial charge < -0.3 is 5.32 Å². The molecule has 0 aromatic carbocycles. The first-order chi connectivity index (χ1) is 5.77. The lowest BCUT2D eigenvalue weighted by Gasteiger charge is -2.24. The van der Waals surface area contributed by atoms with Crippen molar-refractivity contribution in [2.45, 2.75) is 36.9 Å². The second kappa shape index (κ2) is 3.56. The molecule has 0 spiro atoms. The molecule has 0 aromatic rings. The summed E-state index contributed by atoms with van der Waals surface area (Å²) in [5, 5.41) is 8.70. The third-order valence-electron chi connectivity index (χ3n) is 2.72. The highest BCUT2D eigenvalue weighted by atomic mass is 32.2. The minimum absolute atomic E-state index is 0.694. The van der Waals surface area contributed by atoms with Gasteiger partial charge in [-0.3, -0.25) is 5.32 Å². The van der Waals surface area contributed by atoms with E-state index in [1.807, 2.05) is 0 Å². The van der Waals surface area contributed by atoms with Gasteiger partial charge in [-0.2, -0.15) is 0 Å². The van der Waals surface area contributed by atoms with Crippen LogP contribution in [0, 0.1) is 5.92 Å². The molecule has 0 bridgehead atoms. The molecule has 2 N–H and O–H groups in total. The molecule has 2 heterocycles. The normalized spacial score (nSPS) is 41.8. The molecule has 2 aliphatic rings. The van der Waals surface area contributed by atoms with Crippen LogP contribution in [0.4, 0.5) is 0 Å². The van der Waals surface area contributed by atoms with Crippen molar-refractivity contribution in [2.75, 3.05) is 13.1 Å². The van der Waals surface area contributed by atoms with Gasteiger partial charge in [0.05, 0.1) is 5.37 Å². The zero-order chi connectivity index (χ0) is 8.55. The highest BCUT2D eigenvalue weighted by Crippen LogP contribution is 2.34. The first kappa shape index (κ1) is 8.85. The molecule has 0 radical (unpaired) electrons. The van der Waals surface area contributed by atoms with Gasteiger partial charge in [0.1, 0.15) is 0 Å². The van der Waals surface area contributed by atoms with Gasteiger partial charge in [0.15, 0.2) is 0 Å². The van der Waals surface area contributed by atoms with Crippen LogP contribution in [0.25, 0.3) is 0 Å². The van der Waals surface area contributed by atoms with E-state index in [0.717, 1.165) is 17.2 Å². The Morgan fingerprint density at radius 3 is 2.92 bits per heavy atom. The van der Waals surface area contributed by atoms with Crippen LogP contribution < -0.4 is 10.6 Å². The summed E-state index contributed by atoms with van der Waals surface area (Å²) < 4.78 is 0. The van der Waals surface area contributed by atoms with E-state index >= 15 is 0 Å². The Bertz CT molecular complexity index is 147. The maximum Gasteiger partial charge on any atom is 0.0561 e. The minimum atomic E-state index is 0.694.